The second kappa shape index (κ2) is 10.6. The number of aliphatic hydroxyl groups is 1. The molecule has 3 aromatic rings. The lowest BCUT2D eigenvalue weighted by molar-refractivity contribution is 0.132. The highest BCUT2D eigenvalue weighted by atomic mass is 32.2. The summed E-state index contributed by atoms with van der Waals surface area (Å²) in [5.74, 6) is 0. The molecule has 0 saturated heterocycles. The lowest BCUT2D eigenvalue weighted by Gasteiger charge is -2.29. The number of benzene rings is 3. The van der Waals surface area contributed by atoms with Crippen LogP contribution in [0.4, 0.5) is 5.69 Å². The van der Waals surface area contributed by atoms with Gasteiger partial charge < -0.3 is 5.11 Å². The Labute approximate surface area is 191 Å². The van der Waals surface area contributed by atoms with E-state index in [-0.39, 0.29) is 11.4 Å². The van der Waals surface area contributed by atoms with Crippen molar-refractivity contribution in [3.63, 3.8) is 0 Å². The van der Waals surface area contributed by atoms with Crippen LogP contribution < -0.4 is 4.31 Å². The van der Waals surface area contributed by atoms with Gasteiger partial charge in [-0.25, -0.2) is 8.42 Å². The number of hydrogen-bond donors (Lipinski definition) is 1. The number of fused-ring (bicyclic) bond motifs is 1. The molecule has 3 aromatic carbocycles. The molecule has 1 atom stereocenters. The number of aryl methyl sites for hydroxylation is 1. The molecular formula is C26H30N2O3S. The summed E-state index contributed by atoms with van der Waals surface area (Å²) in [5, 5.41) is 12.6. The van der Waals surface area contributed by atoms with Crippen LogP contribution in [0.5, 0.6) is 0 Å². The zero-order chi connectivity index (χ0) is 23.1. The molecule has 0 aliphatic carbocycles. The van der Waals surface area contributed by atoms with Gasteiger partial charge in [-0.1, -0.05) is 60.2 Å². The van der Waals surface area contributed by atoms with Crippen LogP contribution in [0.3, 0.4) is 0 Å². The predicted octanol–water partition coefficient (Wildman–Crippen LogP) is 4.38. The van der Waals surface area contributed by atoms with Crippen molar-refractivity contribution in [3.05, 3.63) is 97.6 Å². The first-order valence-electron chi connectivity index (χ1n) is 10.6. The van der Waals surface area contributed by atoms with E-state index in [2.05, 4.69) is 13.2 Å². The Balaban J connectivity index is 1.96. The standard InChI is InChI=1S/C26H30N2O3S/c1-4-16-27(17-5-2)19-25(29)20-28(24-13-10-21(3)11-14-24)32(30,31)26-15-12-22-8-6-7-9-23(22)18-26/h4-15,18,25,29H,1-2,16-17,19-20H2,3H3/t25-/m0/s1. The monoisotopic (exact) mass is 450 g/mol. The molecule has 5 nitrogen and oxygen atoms in total. The lowest BCUT2D eigenvalue weighted by Crippen LogP contribution is -2.43. The molecule has 0 fully saturated rings. The van der Waals surface area contributed by atoms with Crippen molar-refractivity contribution in [2.75, 3.05) is 30.5 Å². The molecule has 0 unspecified atom stereocenters. The third-order valence-corrected chi connectivity index (χ3v) is 7.04. The van der Waals surface area contributed by atoms with Crippen molar-refractivity contribution in [2.24, 2.45) is 0 Å². The average molecular weight is 451 g/mol. The van der Waals surface area contributed by atoms with E-state index in [0.717, 1.165) is 16.3 Å². The first-order valence-corrected chi connectivity index (χ1v) is 12.0. The van der Waals surface area contributed by atoms with Crippen molar-refractivity contribution < 1.29 is 13.5 Å². The van der Waals surface area contributed by atoms with E-state index in [1.807, 2.05) is 54.3 Å². The Bertz CT molecular complexity index is 1160. The van der Waals surface area contributed by atoms with Crippen LogP contribution in [-0.2, 0) is 10.0 Å². The van der Waals surface area contributed by atoms with Crippen LogP contribution >= 0.6 is 0 Å². The zero-order valence-corrected chi connectivity index (χ0v) is 19.2. The number of anilines is 1. The summed E-state index contributed by atoms with van der Waals surface area (Å²) >= 11 is 0. The van der Waals surface area contributed by atoms with Crippen LogP contribution in [0, 0.1) is 6.92 Å². The van der Waals surface area contributed by atoms with Crippen LogP contribution in [0.15, 0.2) is 96.9 Å². The molecule has 0 spiro atoms. The molecule has 0 amide bonds. The summed E-state index contributed by atoms with van der Waals surface area (Å²) in [7, 11) is -3.90. The number of rotatable bonds is 11. The SMILES string of the molecule is C=CCN(CC=C)C[C@H](O)CN(c1ccc(C)cc1)S(=O)(=O)c1ccc2ccccc2c1. The maximum absolute atomic E-state index is 13.7. The smallest absolute Gasteiger partial charge is 0.264 e. The van der Waals surface area contributed by atoms with Gasteiger partial charge >= 0.3 is 0 Å². The van der Waals surface area contributed by atoms with Crippen LogP contribution in [-0.4, -0.2) is 50.7 Å². The summed E-state index contributed by atoms with van der Waals surface area (Å²) in [6.07, 6.45) is 2.60. The van der Waals surface area contributed by atoms with E-state index in [4.69, 9.17) is 0 Å². The molecular weight excluding hydrogens is 420 g/mol. The molecule has 0 radical (unpaired) electrons. The topological polar surface area (TPSA) is 60.9 Å². The van der Waals surface area contributed by atoms with Gasteiger partial charge in [0.2, 0.25) is 0 Å². The van der Waals surface area contributed by atoms with Gasteiger partial charge in [0.1, 0.15) is 0 Å². The fourth-order valence-corrected chi connectivity index (χ4v) is 5.18. The quantitative estimate of drug-likeness (QED) is 0.441. The summed E-state index contributed by atoms with van der Waals surface area (Å²) in [4.78, 5) is 2.15. The lowest BCUT2D eigenvalue weighted by atomic mass is 10.1. The molecule has 0 bridgehead atoms. The summed E-state index contributed by atoms with van der Waals surface area (Å²) < 4.78 is 28.7. The minimum atomic E-state index is -3.90. The van der Waals surface area contributed by atoms with Gasteiger partial charge in [0.05, 0.1) is 23.2 Å². The normalized spacial score (nSPS) is 12.6. The molecule has 3 rings (SSSR count). The Morgan fingerprint density at radius 2 is 1.53 bits per heavy atom. The molecule has 0 heterocycles. The Morgan fingerprint density at radius 3 is 2.16 bits per heavy atom. The highest BCUT2D eigenvalue weighted by molar-refractivity contribution is 7.92. The van der Waals surface area contributed by atoms with Crippen LogP contribution in [0.25, 0.3) is 10.8 Å². The minimum absolute atomic E-state index is 0.0665. The van der Waals surface area contributed by atoms with Gasteiger partial charge in [-0.3, -0.25) is 9.21 Å². The number of hydrogen-bond acceptors (Lipinski definition) is 4. The second-order valence-corrected chi connectivity index (χ2v) is 9.69. The first kappa shape index (κ1) is 23.7. The first-order chi connectivity index (χ1) is 15.3. The third kappa shape index (κ3) is 5.65. The van der Waals surface area contributed by atoms with Gasteiger partial charge in [-0.05, 0) is 42.0 Å². The van der Waals surface area contributed by atoms with Gasteiger partial charge in [0.25, 0.3) is 10.0 Å². The van der Waals surface area contributed by atoms with E-state index in [0.29, 0.717) is 25.3 Å². The van der Waals surface area contributed by atoms with E-state index in [9.17, 15) is 13.5 Å². The number of aliphatic hydroxyl groups excluding tert-OH is 1. The van der Waals surface area contributed by atoms with Crippen LogP contribution in [0.2, 0.25) is 0 Å². The van der Waals surface area contributed by atoms with Crippen molar-refractivity contribution in [2.45, 2.75) is 17.9 Å². The second-order valence-electron chi connectivity index (χ2n) is 7.83. The third-order valence-electron chi connectivity index (χ3n) is 5.25. The van der Waals surface area contributed by atoms with Crippen molar-refractivity contribution >= 4 is 26.5 Å². The highest BCUT2D eigenvalue weighted by Crippen LogP contribution is 2.27. The predicted molar refractivity (Wildman–Crippen MR) is 132 cm³/mol. The Hall–Kier alpha value is -2.93. The number of nitrogens with zero attached hydrogens (tertiary/aromatic N) is 2. The van der Waals surface area contributed by atoms with Crippen molar-refractivity contribution in [1.29, 1.82) is 0 Å². The summed E-state index contributed by atoms with van der Waals surface area (Å²) in [6, 6.07) is 20.0. The van der Waals surface area contributed by atoms with E-state index in [1.165, 1.54) is 4.31 Å². The molecule has 1 N–H and O–H groups in total. The molecule has 6 heteroatoms. The molecule has 168 valence electrons. The fourth-order valence-electron chi connectivity index (χ4n) is 3.64. The molecule has 32 heavy (non-hydrogen) atoms. The van der Waals surface area contributed by atoms with Gasteiger partial charge in [0, 0.05) is 19.6 Å². The van der Waals surface area contributed by atoms with Crippen molar-refractivity contribution in [3.8, 4) is 0 Å². The van der Waals surface area contributed by atoms with E-state index >= 15 is 0 Å². The highest BCUT2D eigenvalue weighted by Gasteiger charge is 2.28. The molecule has 0 aromatic heterocycles. The molecule has 0 aliphatic rings. The average Bonchev–Trinajstić information content (AvgIpc) is 2.78. The number of sulfonamides is 1. The Morgan fingerprint density at radius 1 is 0.906 bits per heavy atom. The maximum Gasteiger partial charge on any atom is 0.264 e. The largest absolute Gasteiger partial charge is 0.390 e. The van der Waals surface area contributed by atoms with E-state index < -0.39 is 16.1 Å². The van der Waals surface area contributed by atoms with Gasteiger partial charge in [-0.2, -0.15) is 0 Å². The zero-order valence-electron chi connectivity index (χ0n) is 18.4. The molecule has 0 saturated carbocycles. The Kier molecular flexibility index (Phi) is 7.85. The van der Waals surface area contributed by atoms with Gasteiger partial charge in [-0.15, -0.1) is 13.2 Å². The maximum atomic E-state index is 13.7. The summed E-state index contributed by atoms with van der Waals surface area (Å²) in [5.41, 5.74) is 1.54. The fraction of sp³-hybridized carbons (Fsp3) is 0.231. The van der Waals surface area contributed by atoms with Crippen molar-refractivity contribution in [1.82, 2.24) is 4.90 Å². The molecule has 0 aliphatic heterocycles. The minimum Gasteiger partial charge on any atom is -0.390 e. The van der Waals surface area contributed by atoms with E-state index in [1.54, 1.807) is 36.4 Å². The summed E-state index contributed by atoms with van der Waals surface area (Å²) in [6.45, 7) is 10.8. The van der Waals surface area contributed by atoms with Crippen LogP contribution in [0.1, 0.15) is 5.56 Å². The van der Waals surface area contributed by atoms with Gasteiger partial charge in [0.15, 0.2) is 0 Å².